The maximum absolute atomic E-state index is 6.11. The highest BCUT2D eigenvalue weighted by molar-refractivity contribution is 5.29. The SMILES string of the molecule is CN1CCCC(Oc2ccc(C3CCCCN3)cc2)C1. The molecule has 0 bridgehead atoms. The second-order valence-corrected chi connectivity index (χ2v) is 6.22. The summed E-state index contributed by atoms with van der Waals surface area (Å²) in [5, 5.41) is 3.59. The standard InChI is InChI=1S/C17H26N2O/c1-19-12-4-5-16(13-19)20-15-9-7-14(8-10-15)17-6-2-3-11-18-17/h7-10,16-18H,2-6,11-13H2,1H3. The van der Waals surface area contributed by atoms with Crippen molar-refractivity contribution in [3.05, 3.63) is 29.8 Å². The molecule has 0 saturated carbocycles. The summed E-state index contributed by atoms with van der Waals surface area (Å²) < 4.78 is 6.11. The van der Waals surface area contributed by atoms with Crippen LogP contribution < -0.4 is 10.1 Å². The first-order chi connectivity index (χ1) is 9.81. The third-order valence-corrected chi connectivity index (χ3v) is 4.48. The van der Waals surface area contributed by atoms with E-state index in [1.807, 2.05) is 0 Å². The van der Waals surface area contributed by atoms with Gasteiger partial charge in [-0.15, -0.1) is 0 Å². The summed E-state index contributed by atoms with van der Waals surface area (Å²) in [5.74, 6) is 1.02. The normalized spacial score (nSPS) is 28.2. The van der Waals surface area contributed by atoms with Gasteiger partial charge in [0.15, 0.2) is 0 Å². The second-order valence-electron chi connectivity index (χ2n) is 6.22. The molecule has 1 aromatic rings. The molecule has 0 amide bonds. The first-order valence-electron chi connectivity index (χ1n) is 8.00. The molecule has 3 heteroatoms. The molecule has 110 valence electrons. The highest BCUT2D eigenvalue weighted by Gasteiger charge is 2.19. The fraction of sp³-hybridized carbons (Fsp3) is 0.647. The van der Waals surface area contributed by atoms with Gasteiger partial charge in [0.2, 0.25) is 0 Å². The van der Waals surface area contributed by atoms with Crippen molar-refractivity contribution in [1.29, 1.82) is 0 Å². The van der Waals surface area contributed by atoms with Crippen LogP contribution in [0, 0.1) is 0 Å². The molecular formula is C17H26N2O. The number of ether oxygens (including phenoxy) is 1. The van der Waals surface area contributed by atoms with Crippen molar-refractivity contribution in [2.75, 3.05) is 26.7 Å². The number of hydrogen-bond donors (Lipinski definition) is 1. The zero-order valence-corrected chi connectivity index (χ0v) is 12.5. The van der Waals surface area contributed by atoms with Gasteiger partial charge in [0.25, 0.3) is 0 Å². The Hall–Kier alpha value is -1.06. The lowest BCUT2D eigenvalue weighted by Gasteiger charge is -2.30. The summed E-state index contributed by atoms with van der Waals surface area (Å²) >= 11 is 0. The van der Waals surface area contributed by atoms with Crippen LogP contribution >= 0.6 is 0 Å². The van der Waals surface area contributed by atoms with Crippen LogP contribution in [-0.2, 0) is 0 Å². The minimum absolute atomic E-state index is 0.354. The van der Waals surface area contributed by atoms with E-state index in [-0.39, 0.29) is 0 Å². The number of rotatable bonds is 3. The maximum atomic E-state index is 6.11. The lowest BCUT2D eigenvalue weighted by atomic mass is 9.97. The monoisotopic (exact) mass is 274 g/mol. The summed E-state index contributed by atoms with van der Waals surface area (Å²) in [6.07, 6.45) is 6.68. The van der Waals surface area contributed by atoms with Gasteiger partial charge in [-0.2, -0.15) is 0 Å². The zero-order valence-electron chi connectivity index (χ0n) is 12.5. The first-order valence-corrected chi connectivity index (χ1v) is 8.00. The van der Waals surface area contributed by atoms with Crippen LogP contribution in [0.5, 0.6) is 5.75 Å². The number of benzene rings is 1. The molecule has 0 aliphatic carbocycles. The average Bonchev–Trinajstić information content (AvgIpc) is 2.49. The number of piperidine rings is 2. The molecule has 1 aromatic carbocycles. The van der Waals surface area contributed by atoms with Crippen LogP contribution in [0.1, 0.15) is 43.7 Å². The van der Waals surface area contributed by atoms with Crippen LogP contribution in [0.4, 0.5) is 0 Å². The highest BCUT2D eigenvalue weighted by atomic mass is 16.5. The lowest BCUT2D eigenvalue weighted by Crippen LogP contribution is -2.38. The average molecular weight is 274 g/mol. The largest absolute Gasteiger partial charge is 0.489 e. The molecule has 2 saturated heterocycles. The van der Waals surface area contributed by atoms with Gasteiger partial charge < -0.3 is 15.0 Å². The van der Waals surface area contributed by atoms with Crippen molar-refractivity contribution >= 4 is 0 Å². The molecule has 2 atom stereocenters. The van der Waals surface area contributed by atoms with Crippen molar-refractivity contribution in [2.45, 2.75) is 44.2 Å². The molecule has 2 fully saturated rings. The minimum Gasteiger partial charge on any atom is -0.489 e. The lowest BCUT2D eigenvalue weighted by molar-refractivity contribution is 0.104. The van der Waals surface area contributed by atoms with Gasteiger partial charge in [-0.05, 0) is 63.5 Å². The minimum atomic E-state index is 0.354. The maximum Gasteiger partial charge on any atom is 0.119 e. The zero-order chi connectivity index (χ0) is 13.8. The Kier molecular flexibility index (Phi) is 4.58. The van der Waals surface area contributed by atoms with Crippen molar-refractivity contribution in [3.8, 4) is 5.75 Å². The summed E-state index contributed by atoms with van der Waals surface area (Å²) in [6.45, 7) is 3.40. The Morgan fingerprint density at radius 3 is 2.65 bits per heavy atom. The molecule has 20 heavy (non-hydrogen) atoms. The van der Waals surface area contributed by atoms with E-state index in [1.165, 1.54) is 44.2 Å². The molecule has 2 aliphatic rings. The third-order valence-electron chi connectivity index (χ3n) is 4.48. The van der Waals surface area contributed by atoms with Crippen LogP contribution in [-0.4, -0.2) is 37.7 Å². The summed E-state index contributed by atoms with van der Waals surface area (Å²) in [4.78, 5) is 2.36. The number of nitrogens with zero attached hydrogens (tertiary/aromatic N) is 1. The topological polar surface area (TPSA) is 24.5 Å². The fourth-order valence-electron chi connectivity index (χ4n) is 3.32. The second kappa shape index (κ2) is 6.59. The van der Waals surface area contributed by atoms with E-state index in [1.54, 1.807) is 0 Å². The summed E-state index contributed by atoms with van der Waals surface area (Å²) in [6, 6.07) is 9.27. The Balaban J connectivity index is 1.58. The van der Waals surface area contributed by atoms with Crippen molar-refractivity contribution in [2.24, 2.45) is 0 Å². The van der Waals surface area contributed by atoms with E-state index in [9.17, 15) is 0 Å². The molecule has 1 N–H and O–H groups in total. The van der Waals surface area contributed by atoms with E-state index in [4.69, 9.17) is 4.74 Å². The first kappa shape index (κ1) is 13.9. The molecular weight excluding hydrogens is 248 g/mol. The molecule has 2 heterocycles. The molecule has 0 aromatic heterocycles. The van der Waals surface area contributed by atoms with E-state index in [0.29, 0.717) is 12.1 Å². The van der Waals surface area contributed by atoms with Crippen LogP contribution in [0.2, 0.25) is 0 Å². The Bertz CT molecular complexity index is 412. The van der Waals surface area contributed by atoms with Gasteiger partial charge in [0.05, 0.1) is 0 Å². The molecule has 3 nitrogen and oxygen atoms in total. The van der Waals surface area contributed by atoms with Gasteiger partial charge in [-0.25, -0.2) is 0 Å². The van der Waals surface area contributed by atoms with Crippen LogP contribution in [0.25, 0.3) is 0 Å². The number of likely N-dealkylation sites (N-methyl/N-ethyl adjacent to an activating group) is 1. The Morgan fingerprint density at radius 2 is 1.95 bits per heavy atom. The van der Waals surface area contributed by atoms with Gasteiger partial charge in [0, 0.05) is 12.6 Å². The predicted molar refractivity (Wildman–Crippen MR) is 82.2 cm³/mol. The van der Waals surface area contributed by atoms with Crippen molar-refractivity contribution in [3.63, 3.8) is 0 Å². The molecule has 2 unspecified atom stereocenters. The summed E-state index contributed by atoms with van der Waals surface area (Å²) in [7, 11) is 2.17. The van der Waals surface area contributed by atoms with Gasteiger partial charge in [-0.3, -0.25) is 0 Å². The van der Waals surface area contributed by atoms with Gasteiger partial charge >= 0.3 is 0 Å². The Labute approximate surface area is 122 Å². The molecule has 0 spiro atoms. The van der Waals surface area contributed by atoms with Gasteiger partial charge in [0.1, 0.15) is 11.9 Å². The van der Waals surface area contributed by atoms with E-state index in [0.717, 1.165) is 18.8 Å². The van der Waals surface area contributed by atoms with E-state index < -0.39 is 0 Å². The highest BCUT2D eigenvalue weighted by Crippen LogP contribution is 2.25. The quantitative estimate of drug-likeness (QED) is 0.917. The number of hydrogen-bond acceptors (Lipinski definition) is 3. The fourth-order valence-corrected chi connectivity index (χ4v) is 3.32. The van der Waals surface area contributed by atoms with E-state index >= 15 is 0 Å². The predicted octanol–water partition coefficient (Wildman–Crippen LogP) is 2.97. The molecule has 3 rings (SSSR count). The Morgan fingerprint density at radius 1 is 1.10 bits per heavy atom. The molecule has 2 aliphatic heterocycles. The van der Waals surface area contributed by atoms with Crippen LogP contribution in [0.3, 0.4) is 0 Å². The third kappa shape index (κ3) is 3.53. The van der Waals surface area contributed by atoms with Crippen molar-refractivity contribution in [1.82, 2.24) is 10.2 Å². The number of nitrogens with one attached hydrogen (secondary N) is 1. The smallest absolute Gasteiger partial charge is 0.119 e. The summed E-state index contributed by atoms with van der Waals surface area (Å²) in [5.41, 5.74) is 1.40. The van der Waals surface area contributed by atoms with Crippen molar-refractivity contribution < 1.29 is 4.74 Å². The van der Waals surface area contributed by atoms with E-state index in [2.05, 4.69) is 41.5 Å². The van der Waals surface area contributed by atoms with Gasteiger partial charge in [-0.1, -0.05) is 18.6 Å². The molecule has 0 radical (unpaired) electrons. The van der Waals surface area contributed by atoms with Crippen LogP contribution in [0.15, 0.2) is 24.3 Å². The number of likely N-dealkylation sites (tertiary alicyclic amines) is 1.